The van der Waals surface area contributed by atoms with Crippen molar-refractivity contribution in [1.29, 1.82) is 0 Å². The average Bonchev–Trinajstić information content (AvgIpc) is 2.99. The van der Waals surface area contributed by atoms with Crippen LogP contribution < -0.4 is 5.32 Å². The van der Waals surface area contributed by atoms with E-state index in [1.54, 1.807) is 25.4 Å². The van der Waals surface area contributed by atoms with Gasteiger partial charge in [0.2, 0.25) is 10.0 Å². The van der Waals surface area contributed by atoms with E-state index in [0.29, 0.717) is 32.0 Å². The first kappa shape index (κ1) is 16.6. The van der Waals surface area contributed by atoms with E-state index in [9.17, 15) is 13.2 Å². The van der Waals surface area contributed by atoms with Crippen molar-refractivity contribution in [2.75, 3.05) is 31.6 Å². The highest BCUT2D eigenvalue weighted by atomic mass is 32.2. The van der Waals surface area contributed by atoms with Crippen LogP contribution in [0.25, 0.3) is 0 Å². The molecule has 0 saturated carbocycles. The summed E-state index contributed by atoms with van der Waals surface area (Å²) in [6, 6.07) is 4.80. The standard InChI is InChI=1S/C15H18N4O4S/c1-18-11-13(24(21,22)19-5-7-23-8-6-19)9-14(18)15(20)17-12-3-2-4-16-10-12/h2-4,9-11H,5-8H2,1H3,(H,17,20). The lowest BCUT2D eigenvalue weighted by Gasteiger charge is -2.25. The van der Waals surface area contributed by atoms with Gasteiger partial charge in [-0.1, -0.05) is 0 Å². The molecule has 1 amide bonds. The average molecular weight is 350 g/mol. The minimum Gasteiger partial charge on any atom is -0.379 e. The number of carbonyl (C=O) groups excluding carboxylic acids is 1. The largest absolute Gasteiger partial charge is 0.379 e. The van der Waals surface area contributed by atoms with Crippen LogP contribution in [0.3, 0.4) is 0 Å². The van der Waals surface area contributed by atoms with Gasteiger partial charge in [-0.05, 0) is 18.2 Å². The van der Waals surface area contributed by atoms with Crippen LogP contribution in [0.1, 0.15) is 10.5 Å². The predicted molar refractivity (Wildman–Crippen MR) is 87.2 cm³/mol. The topological polar surface area (TPSA) is 93.5 Å². The van der Waals surface area contributed by atoms with Crippen LogP contribution in [0.5, 0.6) is 0 Å². The van der Waals surface area contributed by atoms with Gasteiger partial charge in [-0.15, -0.1) is 0 Å². The Morgan fingerprint density at radius 3 is 2.75 bits per heavy atom. The van der Waals surface area contributed by atoms with Crippen molar-refractivity contribution in [3.63, 3.8) is 0 Å². The number of nitrogens with zero attached hydrogens (tertiary/aromatic N) is 3. The van der Waals surface area contributed by atoms with Crippen LogP contribution in [0.2, 0.25) is 0 Å². The van der Waals surface area contributed by atoms with E-state index in [2.05, 4.69) is 10.3 Å². The Bertz CT molecular complexity index is 826. The number of rotatable bonds is 4. The van der Waals surface area contributed by atoms with Crippen molar-refractivity contribution in [1.82, 2.24) is 13.9 Å². The number of carbonyl (C=O) groups is 1. The Morgan fingerprint density at radius 1 is 1.33 bits per heavy atom. The normalized spacial score (nSPS) is 16.0. The molecule has 2 aromatic rings. The van der Waals surface area contributed by atoms with Gasteiger partial charge in [0.15, 0.2) is 0 Å². The molecule has 1 aliphatic heterocycles. The summed E-state index contributed by atoms with van der Waals surface area (Å²) in [4.78, 5) is 16.4. The van der Waals surface area contributed by atoms with Crippen molar-refractivity contribution < 1.29 is 17.9 Å². The van der Waals surface area contributed by atoms with E-state index in [1.165, 1.54) is 27.3 Å². The summed E-state index contributed by atoms with van der Waals surface area (Å²) >= 11 is 0. The zero-order valence-electron chi connectivity index (χ0n) is 13.2. The number of aryl methyl sites for hydroxylation is 1. The molecule has 0 atom stereocenters. The second kappa shape index (κ2) is 6.71. The van der Waals surface area contributed by atoms with Gasteiger partial charge in [0.25, 0.3) is 5.91 Å². The molecule has 0 aliphatic carbocycles. The Hall–Kier alpha value is -2.23. The fourth-order valence-electron chi connectivity index (χ4n) is 2.47. The maximum absolute atomic E-state index is 12.6. The summed E-state index contributed by atoms with van der Waals surface area (Å²) in [5, 5.41) is 2.69. The minimum absolute atomic E-state index is 0.100. The molecular formula is C15H18N4O4S. The van der Waals surface area contributed by atoms with Gasteiger partial charge in [-0.3, -0.25) is 9.78 Å². The number of nitrogens with one attached hydrogen (secondary N) is 1. The number of anilines is 1. The number of aromatic nitrogens is 2. The lowest BCUT2D eigenvalue weighted by molar-refractivity contribution is 0.0730. The Morgan fingerprint density at radius 2 is 2.08 bits per heavy atom. The zero-order chi connectivity index (χ0) is 17.2. The second-order valence-electron chi connectivity index (χ2n) is 5.38. The van der Waals surface area contributed by atoms with Crippen LogP contribution in [0.4, 0.5) is 5.69 Å². The van der Waals surface area contributed by atoms with Crippen LogP contribution in [0.15, 0.2) is 41.7 Å². The van der Waals surface area contributed by atoms with Gasteiger partial charge < -0.3 is 14.6 Å². The van der Waals surface area contributed by atoms with Crippen molar-refractivity contribution in [2.45, 2.75) is 4.90 Å². The third-order valence-electron chi connectivity index (χ3n) is 3.74. The van der Waals surface area contributed by atoms with E-state index < -0.39 is 15.9 Å². The lowest BCUT2D eigenvalue weighted by atomic mass is 10.3. The quantitative estimate of drug-likeness (QED) is 0.876. The summed E-state index contributed by atoms with van der Waals surface area (Å²) in [7, 11) is -1.99. The molecule has 128 valence electrons. The molecule has 24 heavy (non-hydrogen) atoms. The van der Waals surface area contributed by atoms with Crippen molar-refractivity contribution in [2.24, 2.45) is 7.05 Å². The summed E-state index contributed by atoms with van der Waals surface area (Å²) in [6.45, 7) is 1.38. The third kappa shape index (κ3) is 3.32. The van der Waals surface area contributed by atoms with Gasteiger partial charge in [0, 0.05) is 32.5 Å². The molecule has 0 radical (unpaired) electrons. The summed E-state index contributed by atoms with van der Waals surface area (Å²) in [6.07, 6.45) is 4.57. The number of ether oxygens (including phenoxy) is 1. The molecule has 0 bridgehead atoms. The van der Waals surface area contributed by atoms with Crippen molar-refractivity contribution >= 4 is 21.6 Å². The molecule has 2 aromatic heterocycles. The Balaban J connectivity index is 1.83. The summed E-state index contributed by atoms with van der Waals surface area (Å²) in [5.74, 6) is -0.395. The fraction of sp³-hybridized carbons (Fsp3) is 0.333. The number of pyridine rings is 1. The molecule has 3 heterocycles. The van der Waals surface area contributed by atoms with E-state index in [4.69, 9.17) is 4.74 Å². The highest BCUT2D eigenvalue weighted by Gasteiger charge is 2.28. The lowest BCUT2D eigenvalue weighted by Crippen LogP contribution is -2.40. The molecule has 1 fully saturated rings. The van der Waals surface area contributed by atoms with Crippen LogP contribution in [0, 0.1) is 0 Å². The fourth-order valence-corrected chi connectivity index (χ4v) is 3.95. The van der Waals surface area contributed by atoms with E-state index in [-0.39, 0.29) is 10.6 Å². The van der Waals surface area contributed by atoms with Gasteiger partial charge in [0.1, 0.15) is 10.6 Å². The molecule has 1 saturated heterocycles. The zero-order valence-corrected chi connectivity index (χ0v) is 14.0. The molecule has 0 spiro atoms. The smallest absolute Gasteiger partial charge is 0.272 e. The number of amides is 1. The highest BCUT2D eigenvalue weighted by Crippen LogP contribution is 2.20. The maximum atomic E-state index is 12.6. The van der Waals surface area contributed by atoms with Crippen molar-refractivity contribution in [3.8, 4) is 0 Å². The van der Waals surface area contributed by atoms with Gasteiger partial charge in [-0.2, -0.15) is 4.31 Å². The number of hydrogen-bond donors (Lipinski definition) is 1. The molecule has 9 heteroatoms. The van der Waals surface area contributed by atoms with Crippen LogP contribution >= 0.6 is 0 Å². The van der Waals surface area contributed by atoms with E-state index in [1.807, 2.05) is 0 Å². The summed E-state index contributed by atoms with van der Waals surface area (Å²) in [5.41, 5.74) is 0.798. The van der Waals surface area contributed by atoms with Gasteiger partial charge >= 0.3 is 0 Å². The Labute approximate surface area is 140 Å². The minimum atomic E-state index is -3.63. The van der Waals surface area contributed by atoms with Crippen LogP contribution in [-0.4, -0.2) is 54.5 Å². The first-order valence-corrected chi connectivity index (χ1v) is 8.88. The SMILES string of the molecule is Cn1cc(S(=O)(=O)N2CCOCC2)cc1C(=O)Nc1cccnc1. The first-order valence-electron chi connectivity index (χ1n) is 7.44. The highest BCUT2D eigenvalue weighted by molar-refractivity contribution is 7.89. The Kier molecular flexibility index (Phi) is 4.65. The monoisotopic (exact) mass is 350 g/mol. The summed E-state index contributed by atoms with van der Waals surface area (Å²) < 4.78 is 33.3. The molecule has 8 nitrogen and oxygen atoms in total. The maximum Gasteiger partial charge on any atom is 0.272 e. The number of hydrogen-bond acceptors (Lipinski definition) is 5. The predicted octanol–water partition coefficient (Wildman–Crippen LogP) is 0.693. The van der Waals surface area contributed by atoms with Gasteiger partial charge in [-0.25, -0.2) is 8.42 Å². The van der Waals surface area contributed by atoms with Crippen LogP contribution in [-0.2, 0) is 21.8 Å². The molecule has 1 aliphatic rings. The third-order valence-corrected chi connectivity index (χ3v) is 5.60. The van der Waals surface area contributed by atoms with E-state index >= 15 is 0 Å². The first-order chi connectivity index (χ1) is 11.5. The number of morpholine rings is 1. The molecule has 1 N–H and O–H groups in total. The van der Waals surface area contributed by atoms with Gasteiger partial charge in [0.05, 0.1) is 25.1 Å². The molecular weight excluding hydrogens is 332 g/mol. The second-order valence-corrected chi connectivity index (χ2v) is 7.32. The molecule has 3 rings (SSSR count). The molecule has 0 unspecified atom stereocenters. The molecule has 0 aromatic carbocycles. The number of sulfonamides is 1. The van der Waals surface area contributed by atoms with Crippen molar-refractivity contribution in [3.05, 3.63) is 42.5 Å². The van der Waals surface area contributed by atoms with E-state index in [0.717, 1.165) is 0 Å².